The van der Waals surface area contributed by atoms with Crippen molar-refractivity contribution >= 4 is 11.9 Å². The van der Waals surface area contributed by atoms with Crippen LogP contribution in [0.25, 0.3) is 0 Å². The lowest BCUT2D eigenvalue weighted by Crippen LogP contribution is -2.42. The van der Waals surface area contributed by atoms with Crippen LogP contribution < -0.4 is 0 Å². The molecule has 1 spiro atoms. The molecule has 2 fully saturated rings. The molecule has 0 saturated carbocycles. The van der Waals surface area contributed by atoms with Crippen LogP contribution in [0.5, 0.6) is 0 Å². The molecule has 10 heteroatoms. The molecular weight excluding hydrogens is 425 g/mol. The van der Waals surface area contributed by atoms with E-state index in [1.165, 1.54) is 18.4 Å². The van der Waals surface area contributed by atoms with E-state index in [-0.39, 0.29) is 5.91 Å². The summed E-state index contributed by atoms with van der Waals surface area (Å²) in [6.45, 7) is 4.96. The summed E-state index contributed by atoms with van der Waals surface area (Å²) in [5.41, 5.74) is 2.14. The van der Waals surface area contributed by atoms with Crippen molar-refractivity contribution in [2.45, 2.75) is 32.0 Å². The van der Waals surface area contributed by atoms with E-state index in [0.717, 1.165) is 39.1 Å². The quantitative estimate of drug-likeness (QED) is 0.773. The van der Waals surface area contributed by atoms with Gasteiger partial charge < -0.3 is 10.0 Å². The van der Waals surface area contributed by atoms with Gasteiger partial charge in [-0.1, -0.05) is 30.3 Å². The normalized spacial score (nSPS) is 18.2. The molecule has 0 atom stereocenters. The summed E-state index contributed by atoms with van der Waals surface area (Å²) >= 11 is 0. The zero-order valence-corrected chi connectivity index (χ0v) is 17.5. The number of benzene rings is 1. The van der Waals surface area contributed by atoms with Crippen molar-refractivity contribution in [2.75, 3.05) is 26.2 Å². The number of carboxylic acids is 1. The van der Waals surface area contributed by atoms with Gasteiger partial charge in [0.1, 0.15) is 5.69 Å². The Labute approximate surface area is 183 Å². The van der Waals surface area contributed by atoms with Crippen molar-refractivity contribution < 1.29 is 27.9 Å². The number of alkyl halides is 3. The Morgan fingerprint density at radius 2 is 1.66 bits per heavy atom. The number of amides is 1. The number of hydrogen-bond donors (Lipinski definition) is 1. The van der Waals surface area contributed by atoms with Crippen LogP contribution in [0.4, 0.5) is 13.2 Å². The highest BCUT2D eigenvalue weighted by molar-refractivity contribution is 5.92. The molecule has 0 radical (unpaired) electrons. The largest absolute Gasteiger partial charge is 0.490 e. The number of rotatable bonds is 3. The van der Waals surface area contributed by atoms with Gasteiger partial charge in [0.2, 0.25) is 0 Å². The Bertz CT molecular complexity index is 902. The van der Waals surface area contributed by atoms with Gasteiger partial charge in [0, 0.05) is 32.0 Å². The summed E-state index contributed by atoms with van der Waals surface area (Å²) in [5, 5.41) is 7.12. The van der Waals surface area contributed by atoms with Gasteiger partial charge in [0.15, 0.2) is 0 Å². The highest BCUT2D eigenvalue weighted by Crippen LogP contribution is 2.40. The minimum atomic E-state index is -5.08. The summed E-state index contributed by atoms with van der Waals surface area (Å²) in [6.07, 6.45) is 3.12. The van der Waals surface area contributed by atoms with Crippen LogP contribution in [0.2, 0.25) is 0 Å². The maximum Gasteiger partial charge on any atom is 0.490 e. The van der Waals surface area contributed by atoms with E-state index in [2.05, 4.69) is 45.2 Å². The van der Waals surface area contributed by atoms with Gasteiger partial charge >= 0.3 is 12.1 Å². The fourth-order valence-corrected chi connectivity index (χ4v) is 4.12. The lowest BCUT2D eigenvalue weighted by atomic mass is 9.77. The predicted octanol–water partition coefficient (Wildman–Crippen LogP) is 3.24. The first-order valence-electron chi connectivity index (χ1n) is 10.3. The van der Waals surface area contributed by atoms with Gasteiger partial charge in [-0.25, -0.2) is 9.78 Å². The van der Waals surface area contributed by atoms with E-state index in [4.69, 9.17) is 9.90 Å². The average molecular weight is 450 g/mol. The summed E-state index contributed by atoms with van der Waals surface area (Å²) in [4.78, 5) is 34.2. The molecule has 1 N–H and O–H groups in total. The molecular formula is C22H25F3N4O3. The molecule has 2 aliphatic rings. The zero-order chi connectivity index (χ0) is 23.2. The van der Waals surface area contributed by atoms with E-state index < -0.39 is 12.1 Å². The van der Waals surface area contributed by atoms with Crippen molar-refractivity contribution in [3.63, 3.8) is 0 Å². The minimum Gasteiger partial charge on any atom is -0.475 e. The fraction of sp³-hybridized carbons (Fsp3) is 0.455. The third-order valence-corrected chi connectivity index (χ3v) is 5.92. The number of carbonyl (C=O) groups excluding carboxylic acids is 1. The molecule has 2 aliphatic heterocycles. The maximum absolute atomic E-state index is 12.6. The number of hydrogen-bond acceptors (Lipinski definition) is 5. The Balaban J connectivity index is 0.000000360. The third-order valence-electron chi connectivity index (χ3n) is 5.92. The molecule has 4 rings (SSSR count). The third kappa shape index (κ3) is 6.25. The van der Waals surface area contributed by atoms with Crippen LogP contribution in [0.3, 0.4) is 0 Å². The number of halogens is 3. The summed E-state index contributed by atoms with van der Waals surface area (Å²) in [6, 6.07) is 10.7. The first-order valence-corrected chi connectivity index (χ1v) is 10.3. The molecule has 1 aromatic heterocycles. The Hall–Kier alpha value is -3.01. The second-order valence-electron chi connectivity index (χ2n) is 8.13. The lowest BCUT2D eigenvalue weighted by molar-refractivity contribution is -0.192. The molecule has 32 heavy (non-hydrogen) atoms. The Kier molecular flexibility index (Phi) is 7.44. The minimum absolute atomic E-state index is 0.0247. The van der Waals surface area contributed by atoms with Crippen molar-refractivity contribution in [1.82, 2.24) is 19.8 Å². The highest BCUT2D eigenvalue weighted by Gasteiger charge is 2.42. The number of likely N-dealkylation sites (tertiary alicyclic amines) is 2. The monoisotopic (exact) mass is 450 g/mol. The number of aliphatic carboxylic acids is 1. The SMILES string of the molecule is O=C(O)C(F)(F)F.O=C(c1cnccn1)N1CCC2(CCN(Cc3ccccc3)CC2)C1. The summed E-state index contributed by atoms with van der Waals surface area (Å²) in [7, 11) is 0. The van der Waals surface area contributed by atoms with Gasteiger partial charge in [-0.15, -0.1) is 0 Å². The number of piperidine rings is 1. The number of nitrogens with zero attached hydrogens (tertiary/aromatic N) is 4. The Morgan fingerprint density at radius 1 is 1.03 bits per heavy atom. The molecule has 7 nitrogen and oxygen atoms in total. The number of carboxylic acid groups (broad SMARTS) is 1. The van der Waals surface area contributed by atoms with Crippen molar-refractivity contribution in [3.8, 4) is 0 Å². The first kappa shape index (κ1) is 23.6. The van der Waals surface area contributed by atoms with Crippen molar-refractivity contribution in [1.29, 1.82) is 0 Å². The molecule has 0 bridgehead atoms. The van der Waals surface area contributed by atoms with E-state index >= 15 is 0 Å². The average Bonchev–Trinajstić information content (AvgIpc) is 3.20. The predicted molar refractivity (Wildman–Crippen MR) is 110 cm³/mol. The van der Waals surface area contributed by atoms with E-state index in [0.29, 0.717) is 11.1 Å². The second kappa shape index (κ2) is 10.1. The molecule has 1 aromatic carbocycles. The first-order chi connectivity index (χ1) is 15.2. The van der Waals surface area contributed by atoms with E-state index in [1.807, 2.05) is 4.90 Å². The topological polar surface area (TPSA) is 86.6 Å². The van der Waals surface area contributed by atoms with Crippen LogP contribution in [-0.2, 0) is 11.3 Å². The molecule has 2 saturated heterocycles. The molecule has 0 unspecified atom stereocenters. The molecule has 3 heterocycles. The van der Waals surface area contributed by atoms with Gasteiger partial charge in [0.05, 0.1) is 6.20 Å². The highest BCUT2D eigenvalue weighted by atomic mass is 19.4. The smallest absolute Gasteiger partial charge is 0.475 e. The van der Waals surface area contributed by atoms with Crippen molar-refractivity contribution in [3.05, 3.63) is 60.2 Å². The van der Waals surface area contributed by atoms with Gasteiger partial charge in [-0.2, -0.15) is 13.2 Å². The maximum atomic E-state index is 12.6. The standard InChI is InChI=1S/C20H24N4O.C2HF3O2/c25-19(18-14-21-9-10-22-18)24-13-8-20(16-24)6-11-23(12-7-20)15-17-4-2-1-3-5-17;3-2(4,5)1(6)7/h1-5,9-10,14H,6-8,11-13,15-16H2;(H,6,7). The van der Waals surface area contributed by atoms with Crippen LogP contribution in [-0.4, -0.2) is 69.1 Å². The lowest BCUT2D eigenvalue weighted by Gasteiger charge is -2.39. The second-order valence-corrected chi connectivity index (χ2v) is 8.13. The zero-order valence-electron chi connectivity index (χ0n) is 17.5. The molecule has 172 valence electrons. The van der Waals surface area contributed by atoms with Gasteiger partial charge in [-0.3, -0.25) is 14.7 Å². The van der Waals surface area contributed by atoms with Crippen LogP contribution >= 0.6 is 0 Å². The molecule has 2 aromatic rings. The Morgan fingerprint density at radius 3 is 2.22 bits per heavy atom. The summed E-state index contributed by atoms with van der Waals surface area (Å²) < 4.78 is 31.7. The summed E-state index contributed by atoms with van der Waals surface area (Å²) in [5.74, 6) is -2.73. The van der Waals surface area contributed by atoms with E-state index in [1.54, 1.807) is 18.6 Å². The van der Waals surface area contributed by atoms with Crippen LogP contribution in [0.1, 0.15) is 35.3 Å². The van der Waals surface area contributed by atoms with Crippen LogP contribution in [0, 0.1) is 5.41 Å². The van der Waals surface area contributed by atoms with Gasteiger partial charge in [-0.05, 0) is 43.3 Å². The molecule has 1 amide bonds. The van der Waals surface area contributed by atoms with Gasteiger partial charge in [0.25, 0.3) is 5.91 Å². The fourth-order valence-electron chi connectivity index (χ4n) is 4.12. The number of aromatic nitrogens is 2. The van der Waals surface area contributed by atoms with Crippen LogP contribution in [0.15, 0.2) is 48.9 Å². The van der Waals surface area contributed by atoms with E-state index in [9.17, 15) is 18.0 Å². The number of carbonyl (C=O) groups is 2. The molecule has 0 aliphatic carbocycles. The van der Waals surface area contributed by atoms with Crippen molar-refractivity contribution in [2.24, 2.45) is 5.41 Å².